The molecule has 0 N–H and O–H groups in total. The third-order valence-corrected chi connectivity index (χ3v) is 8.47. The molecule has 1 saturated heterocycles. The Kier molecular flexibility index (Phi) is 5.92. The normalized spacial score (nSPS) is 19.0. The van der Waals surface area contributed by atoms with Gasteiger partial charge in [-0.25, -0.2) is 8.42 Å². The Balaban J connectivity index is 1.59. The topological polar surface area (TPSA) is 87.0 Å². The molecule has 0 bridgehead atoms. The lowest BCUT2D eigenvalue weighted by Crippen LogP contribution is -2.47. The van der Waals surface area contributed by atoms with Crippen LogP contribution in [-0.2, 0) is 10.0 Å². The highest BCUT2D eigenvalue weighted by molar-refractivity contribution is 7.89. The van der Waals surface area contributed by atoms with Crippen molar-refractivity contribution in [2.75, 3.05) is 51.2 Å². The molecule has 0 amide bonds. The van der Waals surface area contributed by atoms with Crippen LogP contribution in [0, 0.1) is 10.1 Å². The predicted molar refractivity (Wildman–Crippen MR) is 118 cm³/mol. The third-order valence-electron chi connectivity index (χ3n) is 5.63. The first-order chi connectivity index (χ1) is 14.4. The Hall–Kier alpha value is -2.27. The van der Waals surface area contributed by atoms with Crippen LogP contribution in [-0.4, -0.2) is 68.9 Å². The lowest BCUT2D eigenvalue weighted by Gasteiger charge is -2.32. The average molecular weight is 449 g/mol. The van der Waals surface area contributed by atoms with E-state index in [0.717, 1.165) is 6.42 Å². The molecule has 30 heavy (non-hydrogen) atoms. The minimum Gasteiger partial charge on any atom is -0.362 e. The molecule has 0 radical (unpaired) electrons. The molecule has 0 unspecified atom stereocenters. The number of sulfonamides is 1. The number of nitro groups is 1. The number of hydrogen-bond acceptors (Lipinski definition) is 7. The lowest BCUT2D eigenvalue weighted by atomic mass is 10.1. The van der Waals surface area contributed by atoms with Gasteiger partial charge < -0.3 is 9.80 Å². The summed E-state index contributed by atoms with van der Waals surface area (Å²) in [5.41, 5.74) is 1.54. The van der Waals surface area contributed by atoms with E-state index in [4.69, 9.17) is 0 Å². The summed E-state index contributed by atoms with van der Waals surface area (Å²) in [4.78, 5) is 16.5. The second-order valence-corrected chi connectivity index (χ2v) is 10.4. The maximum Gasteiger partial charge on any atom is 0.293 e. The second-order valence-electron chi connectivity index (χ2n) is 7.52. The first kappa shape index (κ1) is 21.0. The molecule has 4 rings (SSSR count). The minimum atomic E-state index is -3.75. The molecule has 0 saturated carbocycles. The van der Waals surface area contributed by atoms with Crippen molar-refractivity contribution in [2.24, 2.45) is 0 Å². The Morgan fingerprint density at radius 3 is 2.47 bits per heavy atom. The van der Waals surface area contributed by atoms with Crippen molar-refractivity contribution in [2.45, 2.75) is 11.3 Å². The van der Waals surface area contributed by atoms with Crippen molar-refractivity contribution in [3.63, 3.8) is 0 Å². The zero-order chi connectivity index (χ0) is 21.3. The predicted octanol–water partition coefficient (Wildman–Crippen LogP) is 2.89. The number of piperazine rings is 1. The van der Waals surface area contributed by atoms with Gasteiger partial charge in [0, 0.05) is 50.2 Å². The minimum absolute atomic E-state index is 0.0191. The van der Waals surface area contributed by atoms with Crippen molar-refractivity contribution in [3.8, 4) is 0 Å². The molecule has 1 aromatic heterocycles. The molecular weight excluding hydrogens is 424 g/mol. The van der Waals surface area contributed by atoms with Gasteiger partial charge in [0.15, 0.2) is 0 Å². The molecule has 2 aromatic rings. The van der Waals surface area contributed by atoms with Crippen LogP contribution in [0.5, 0.6) is 0 Å². The van der Waals surface area contributed by atoms with Gasteiger partial charge in [-0.3, -0.25) is 10.1 Å². The van der Waals surface area contributed by atoms with E-state index in [1.165, 1.54) is 26.9 Å². The Morgan fingerprint density at radius 2 is 1.87 bits per heavy atom. The quantitative estimate of drug-likeness (QED) is 0.516. The van der Waals surface area contributed by atoms with Crippen LogP contribution in [0.4, 0.5) is 11.4 Å². The van der Waals surface area contributed by atoms with Gasteiger partial charge in [-0.15, -0.1) is 11.3 Å². The van der Waals surface area contributed by atoms with Gasteiger partial charge in [0.05, 0.1) is 9.82 Å². The summed E-state index contributed by atoms with van der Waals surface area (Å²) in [6.45, 7) is 3.26. The fourth-order valence-corrected chi connectivity index (χ4v) is 6.07. The Morgan fingerprint density at radius 1 is 1.10 bits per heavy atom. The highest BCUT2D eigenvalue weighted by atomic mass is 32.2. The lowest BCUT2D eigenvalue weighted by molar-refractivity contribution is -0.384. The van der Waals surface area contributed by atoms with E-state index < -0.39 is 14.9 Å². The fraction of sp³-hybridized carbons (Fsp3) is 0.400. The fourth-order valence-electron chi connectivity index (χ4n) is 3.83. The van der Waals surface area contributed by atoms with Crippen LogP contribution in [0.3, 0.4) is 0 Å². The van der Waals surface area contributed by atoms with Gasteiger partial charge in [-0.1, -0.05) is 12.1 Å². The first-order valence-electron chi connectivity index (χ1n) is 9.81. The zero-order valence-electron chi connectivity index (χ0n) is 16.7. The SMILES string of the molecule is CN1CCN(S(=O)(=O)c2ccc(N3CC=C(c4cccs4)CC3)c([N+](=O)[O-])c2)CC1. The third kappa shape index (κ3) is 4.13. The van der Waals surface area contributed by atoms with Crippen LogP contribution in [0.1, 0.15) is 11.3 Å². The van der Waals surface area contributed by atoms with Gasteiger partial charge in [-0.2, -0.15) is 4.31 Å². The molecular formula is C20H24N4O4S2. The van der Waals surface area contributed by atoms with Crippen molar-refractivity contribution in [3.05, 3.63) is 56.8 Å². The van der Waals surface area contributed by atoms with Gasteiger partial charge in [0.1, 0.15) is 5.69 Å². The van der Waals surface area contributed by atoms with Crippen LogP contribution in [0.25, 0.3) is 5.57 Å². The molecule has 3 heterocycles. The number of anilines is 1. The van der Waals surface area contributed by atoms with E-state index in [1.807, 2.05) is 23.4 Å². The summed E-state index contributed by atoms with van der Waals surface area (Å²) >= 11 is 1.68. The number of hydrogen-bond donors (Lipinski definition) is 0. The van der Waals surface area contributed by atoms with E-state index in [1.54, 1.807) is 17.4 Å². The summed E-state index contributed by atoms with van der Waals surface area (Å²) in [6.07, 6.45) is 2.88. The zero-order valence-corrected chi connectivity index (χ0v) is 18.4. The average Bonchev–Trinajstić information content (AvgIpc) is 3.28. The van der Waals surface area contributed by atoms with E-state index in [0.29, 0.717) is 45.0 Å². The molecule has 2 aliphatic heterocycles. The molecule has 1 aromatic carbocycles. The van der Waals surface area contributed by atoms with Crippen LogP contribution >= 0.6 is 11.3 Å². The van der Waals surface area contributed by atoms with E-state index in [9.17, 15) is 18.5 Å². The Labute approximate surface area is 180 Å². The molecule has 0 atom stereocenters. The number of rotatable bonds is 5. The van der Waals surface area contributed by atoms with Crippen molar-refractivity contribution in [1.82, 2.24) is 9.21 Å². The van der Waals surface area contributed by atoms with Gasteiger partial charge in [0.25, 0.3) is 5.69 Å². The number of benzene rings is 1. The smallest absolute Gasteiger partial charge is 0.293 e. The molecule has 8 nitrogen and oxygen atoms in total. The Bertz CT molecular complexity index is 1060. The largest absolute Gasteiger partial charge is 0.362 e. The van der Waals surface area contributed by atoms with Gasteiger partial charge in [0.2, 0.25) is 10.0 Å². The number of thiophene rings is 1. The van der Waals surface area contributed by atoms with Crippen molar-refractivity contribution < 1.29 is 13.3 Å². The molecule has 2 aliphatic rings. The molecule has 1 fully saturated rings. The summed E-state index contributed by atoms with van der Waals surface area (Å²) in [7, 11) is -1.81. The monoisotopic (exact) mass is 448 g/mol. The second kappa shape index (κ2) is 8.46. The van der Waals surface area contributed by atoms with E-state index in [-0.39, 0.29) is 10.6 Å². The molecule has 0 spiro atoms. The number of likely N-dealkylation sites (N-methyl/N-ethyl adjacent to an activating group) is 1. The van der Waals surface area contributed by atoms with E-state index in [2.05, 4.69) is 17.0 Å². The highest BCUT2D eigenvalue weighted by Crippen LogP contribution is 2.35. The summed E-state index contributed by atoms with van der Waals surface area (Å²) < 4.78 is 27.4. The maximum atomic E-state index is 13.0. The molecule has 160 valence electrons. The maximum absolute atomic E-state index is 13.0. The van der Waals surface area contributed by atoms with Crippen molar-refractivity contribution in [1.29, 1.82) is 0 Å². The van der Waals surface area contributed by atoms with Crippen LogP contribution in [0.2, 0.25) is 0 Å². The highest BCUT2D eigenvalue weighted by Gasteiger charge is 2.31. The number of nitrogens with zero attached hydrogens (tertiary/aromatic N) is 4. The van der Waals surface area contributed by atoms with Gasteiger partial charge in [-0.05, 0) is 42.6 Å². The molecule has 10 heteroatoms. The van der Waals surface area contributed by atoms with E-state index >= 15 is 0 Å². The number of nitro benzene ring substituents is 1. The summed E-state index contributed by atoms with van der Waals surface area (Å²) in [5, 5.41) is 13.8. The standard InChI is InChI=1S/C20H24N4O4S2/c1-21-10-12-23(13-11-21)30(27,28)17-4-5-18(19(15-17)24(25)26)22-8-6-16(7-9-22)20-3-2-14-29-20/h2-6,14-15H,7-13H2,1H3. The van der Waals surface area contributed by atoms with Crippen LogP contribution in [0.15, 0.2) is 46.7 Å². The van der Waals surface area contributed by atoms with Gasteiger partial charge >= 0.3 is 0 Å². The van der Waals surface area contributed by atoms with Crippen LogP contribution < -0.4 is 4.90 Å². The molecule has 0 aliphatic carbocycles. The summed E-state index contributed by atoms with van der Waals surface area (Å²) in [5.74, 6) is 0. The summed E-state index contributed by atoms with van der Waals surface area (Å²) in [6, 6.07) is 8.37. The first-order valence-corrected chi connectivity index (χ1v) is 12.1. The van der Waals surface area contributed by atoms with Crippen molar-refractivity contribution >= 4 is 38.3 Å².